The number of nitrogens with one attached hydrogen (secondary N) is 1. The molecule has 0 atom stereocenters. The number of hydrogen-bond donors (Lipinski definition) is 3. The van der Waals surface area contributed by atoms with Gasteiger partial charge in [0.25, 0.3) is 0 Å². The number of esters is 1. The monoisotopic (exact) mass is 319 g/mol. The summed E-state index contributed by atoms with van der Waals surface area (Å²) in [5.74, 6) is -0.281. The van der Waals surface area contributed by atoms with Crippen LogP contribution in [-0.2, 0) is 27.3 Å². The number of carbonyl (C=O) groups is 2. The highest BCUT2D eigenvalue weighted by molar-refractivity contribution is 5.80. The van der Waals surface area contributed by atoms with E-state index in [1.54, 1.807) is 12.1 Å². The number of carbonyl (C=O) groups excluding carboxylic acids is 2. The SMILES string of the molecule is COC(=O)Cc1cc(O)cc(O)c1-c1ccc(CNC(C)=O)o1. The zero-order valence-corrected chi connectivity index (χ0v) is 12.8. The molecule has 0 unspecified atom stereocenters. The number of benzene rings is 1. The molecule has 0 spiro atoms. The van der Waals surface area contributed by atoms with E-state index in [1.165, 1.54) is 20.1 Å². The van der Waals surface area contributed by atoms with Gasteiger partial charge in [0.15, 0.2) is 0 Å². The molecule has 1 aromatic heterocycles. The van der Waals surface area contributed by atoms with Crippen LogP contribution in [0.1, 0.15) is 18.2 Å². The lowest BCUT2D eigenvalue weighted by atomic mass is 10.0. The van der Waals surface area contributed by atoms with Gasteiger partial charge in [0.05, 0.1) is 25.6 Å². The van der Waals surface area contributed by atoms with Crippen molar-refractivity contribution in [3.63, 3.8) is 0 Å². The second-order valence-electron chi connectivity index (χ2n) is 4.93. The first-order valence-electron chi connectivity index (χ1n) is 6.86. The molecule has 1 heterocycles. The Bertz CT molecular complexity index is 734. The highest BCUT2D eigenvalue weighted by Crippen LogP contribution is 2.37. The van der Waals surface area contributed by atoms with Gasteiger partial charge < -0.3 is 24.7 Å². The summed E-state index contributed by atoms with van der Waals surface area (Å²) in [6, 6.07) is 5.79. The Morgan fingerprint density at radius 3 is 2.65 bits per heavy atom. The predicted molar refractivity (Wildman–Crippen MR) is 80.7 cm³/mol. The molecule has 0 saturated heterocycles. The number of furan rings is 1. The summed E-state index contributed by atoms with van der Waals surface area (Å²) in [7, 11) is 1.25. The fraction of sp³-hybridized carbons (Fsp3) is 0.250. The molecular formula is C16H17NO6. The van der Waals surface area contributed by atoms with Crippen LogP contribution in [-0.4, -0.2) is 29.2 Å². The molecule has 1 amide bonds. The summed E-state index contributed by atoms with van der Waals surface area (Å²) >= 11 is 0. The first kappa shape index (κ1) is 16.4. The number of phenolic OH excluding ortho intramolecular Hbond substituents is 2. The maximum absolute atomic E-state index is 11.5. The molecule has 2 aromatic rings. The maximum atomic E-state index is 11.5. The molecule has 0 aliphatic rings. The van der Waals surface area contributed by atoms with E-state index in [9.17, 15) is 19.8 Å². The second-order valence-corrected chi connectivity index (χ2v) is 4.93. The first-order chi connectivity index (χ1) is 10.9. The summed E-state index contributed by atoms with van der Waals surface area (Å²) in [4.78, 5) is 22.4. The lowest BCUT2D eigenvalue weighted by Crippen LogP contribution is -2.18. The van der Waals surface area contributed by atoms with E-state index in [2.05, 4.69) is 10.1 Å². The fourth-order valence-electron chi connectivity index (χ4n) is 2.14. The number of methoxy groups -OCH3 is 1. The van der Waals surface area contributed by atoms with Crippen molar-refractivity contribution >= 4 is 11.9 Å². The highest BCUT2D eigenvalue weighted by atomic mass is 16.5. The molecule has 0 fully saturated rings. The van der Waals surface area contributed by atoms with Crippen molar-refractivity contribution in [2.24, 2.45) is 0 Å². The van der Waals surface area contributed by atoms with Gasteiger partial charge in [-0.2, -0.15) is 0 Å². The van der Waals surface area contributed by atoms with Crippen molar-refractivity contribution < 1.29 is 29.0 Å². The van der Waals surface area contributed by atoms with Gasteiger partial charge in [0, 0.05) is 13.0 Å². The molecule has 0 aliphatic carbocycles. The fourth-order valence-corrected chi connectivity index (χ4v) is 2.14. The van der Waals surface area contributed by atoms with E-state index in [0.717, 1.165) is 6.07 Å². The summed E-state index contributed by atoms with van der Waals surface area (Å²) in [6.07, 6.45) is -0.129. The first-order valence-corrected chi connectivity index (χ1v) is 6.86. The number of ether oxygens (including phenoxy) is 1. The Kier molecular flexibility index (Phi) is 4.90. The predicted octanol–water partition coefficient (Wildman–Crippen LogP) is 1.71. The van der Waals surface area contributed by atoms with Gasteiger partial charge in [-0.3, -0.25) is 9.59 Å². The summed E-state index contributed by atoms with van der Waals surface area (Å²) in [5, 5.41) is 22.3. The van der Waals surface area contributed by atoms with Gasteiger partial charge in [-0.25, -0.2) is 0 Å². The number of amides is 1. The van der Waals surface area contributed by atoms with Crippen molar-refractivity contribution in [2.45, 2.75) is 19.9 Å². The quantitative estimate of drug-likeness (QED) is 0.724. The Hall–Kier alpha value is -2.96. The normalized spacial score (nSPS) is 10.3. The number of aromatic hydroxyl groups is 2. The van der Waals surface area contributed by atoms with Crippen molar-refractivity contribution in [3.05, 3.63) is 35.6 Å². The summed E-state index contributed by atoms with van der Waals surface area (Å²) < 4.78 is 10.2. The van der Waals surface area contributed by atoms with Gasteiger partial charge in [0.2, 0.25) is 5.91 Å². The molecule has 1 aromatic carbocycles. The zero-order valence-electron chi connectivity index (χ0n) is 12.8. The van der Waals surface area contributed by atoms with Gasteiger partial charge >= 0.3 is 5.97 Å². The van der Waals surface area contributed by atoms with Crippen LogP contribution in [0.15, 0.2) is 28.7 Å². The third-order valence-corrected chi connectivity index (χ3v) is 3.17. The third kappa shape index (κ3) is 4.03. The minimum Gasteiger partial charge on any atom is -0.508 e. The van der Waals surface area contributed by atoms with Gasteiger partial charge in [-0.15, -0.1) is 0 Å². The summed E-state index contributed by atoms with van der Waals surface area (Å²) in [6.45, 7) is 1.60. The topological polar surface area (TPSA) is 109 Å². The number of phenols is 2. The van der Waals surface area contributed by atoms with Gasteiger partial charge in [0.1, 0.15) is 23.0 Å². The Labute approximate surface area is 132 Å². The maximum Gasteiger partial charge on any atom is 0.310 e. The van der Waals surface area contributed by atoms with E-state index >= 15 is 0 Å². The summed E-state index contributed by atoms with van der Waals surface area (Å²) in [5.41, 5.74) is 0.664. The van der Waals surface area contributed by atoms with Crippen LogP contribution in [0.25, 0.3) is 11.3 Å². The highest BCUT2D eigenvalue weighted by Gasteiger charge is 2.18. The Morgan fingerprint density at radius 1 is 1.26 bits per heavy atom. The smallest absolute Gasteiger partial charge is 0.310 e. The van der Waals surface area contributed by atoms with Gasteiger partial charge in [-0.05, 0) is 23.8 Å². The van der Waals surface area contributed by atoms with Crippen LogP contribution >= 0.6 is 0 Å². The largest absolute Gasteiger partial charge is 0.508 e. The van der Waals surface area contributed by atoms with Crippen molar-refractivity contribution in [3.8, 4) is 22.8 Å². The van der Waals surface area contributed by atoms with Crippen LogP contribution in [0, 0.1) is 0 Å². The zero-order chi connectivity index (χ0) is 17.0. The molecule has 0 saturated carbocycles. The van der Waals surface area contributed by atoms with E-state index in [0.29, 0.717) is 22.6 Å². The number of rotatable bonds is 5. The molecule has 0 aliphatic heterocycles. The average molecular weight is 319 g/mol. The second kappa shape index (κ2) is 6.87. The Morgan fingerprint density at radius 2 is 2.00 bits per heavy atom. The molecule has 7 heteroatoms. The standard InChI is InChI=1S/C16H17NO6/c1-9(18)17-8-12-3-4-14(23-12)16-10(6-15(21)22-2)5-11(19)7-13(16)20/h3-5,7,19-20H,6,8H2,1-2H3,(H,17,18). The molecule has 0 bridgehead atoms. The Balaban J connectivity index is 2.37. The van der Waals surface area contributed by atoms with Gasteiger partial charge in [-0.1, -0.05) is 0 Å². The van der Waals surface area contributed by atoms with E-state index in [-0.39, 0.29) is 30.4 Å². The lowest BCUT2D eigenvalue weighted by Gasteiger charge is -2.10. The van der Waals surface area contributed by atoms with E-state index in [1.807, 2.05) is 0 Å². The molecule has 0 radical (unpaired) electrons. The number of hydrogen-bond acceptors (Lipinski definition) is 6. The minimum absolute atomic E-state index is 0.129. The molecule has 7 nitrogen and oxygen atoms in total. The molecule has 2 rings (SSSR count). The van der Waals surface area contributed by atoms with Crippen LogP contribution in [0.4, 0.5) is 0 Å². The molecule has 3 N–H and O–H groups in total. The average Bonchev–Trinajstić information content (AvgIpc) is 2.92. The van der Waals surface area contributed by atoms with E-state index in [4.69, 9.17) is 4.42 Å². The van der Waals surface area contributed by atoms with Crippen LogP contribution in [0.5, 0.6) is 11.5 Å². The van der Waals surface area contributed by atoms with Crippen LogP contribution in [0.2, 0.25) is 0 Å². The molecule has 122 valence electrons. The molecule has 23 heavy (non-hydrogen) atoms. The van der Waals surface area contributed by atoms with Crippen LogP contribution < -0.4 is 5.32 Å². The minimum atomic E-state index is -0.513. The van der Waals surface area contributed by atoms with Crippen molar-refractivity contribution in [1.82, 2.24) is 5.32 Å². The van der Waals surface area contributed by atoms with E-state index < -0.39 is 5.97 Å². The third-order valence-electron chi connectivity index (χ3n) is 3.17. The van der Waals surface area contributed by atoms with Crippen LogP contribution in [0.3, 0.4) is 0 Å². The van der Waals surface area contributed by atoms with Crippen molar-refractivity contribution in [1.29, 1.82) is 0 Å². The lowest BCUT2D eigenvalue weighted by molar-refractivity contribution is -0.139. The van der Waals surface area contributed by atoms with Crippen molar-refractivity contribution in [2.75, 3.05) is 7.11 Å². The molecular weight excluding hydrogens is 302 g/mol.